The summed E-state index contributed by atoms with van der Waals surface area (Å²) < 4.78 is 0. The van der Waals surface area contributed by atoms with Crippen molar-refractivity contribution in [1.29, 1.82) is 0 Å². The number of nitrogens with zero attached hydrogens (tertiary/aromatic N) is 4. The zero-order valence-corrected chi connectivity index (χ0v) is 16.5. The topological polar surface area (TPSA) is 49.3 Å². The second-order valence-corrected chi connectivity index (χ2v) is 8.70. The van der Waals surface area contributed by atoms with Crippen molar-refractivity contribution in [2.75, 3.05) is 31.1 Å². The van der Waals surface area contributed by atoms with Crippen LogP contribution in [0.15, 0.2) is 36.4 Å². The molecule has 1 aliphatic heterocycles. The molecule has 142 valence electrons. The number of hydrogen-bond donors (Lipinski definition) is 0. The smallest absolute Gasteiger partial charge is 0.253 e. The van der Waals surface area contributed by atoms with Crippen LogP contribution in [0.1, 0.15) is 61.1 Å². The summed E-state index contributed by atoms with van der Waals surface area (Å²) in [6.45, 7) is 9.57. The number of anilines is 1. The molecule has 2 aromatic rings. The fourth-order valence-electron chi connectivity index (χ4n) is 3.54. The first-order chi connectivity index (χ1) is 12.9. The van der Waals surface area contributed by atoms with Gasteiger partial charge in [-0.05, 0) is 48.1 Å². The van der Waals surface area contributed by atoms with Gasteiger partial charge in [-0.3, -0.25) is 4.79 Å². The lowest BCUT2D eigenvalue weighted by molar-refractivity contribution is 0.0746. The maximum Gasteiger partial charge on any atom is 0.253 e. The molecular formula is C22H28N4O. The maximum atomic E-state index is 12.8. The van der Waals surface area contributed by atoms with E-state index in [2.05, 4.69) is 60.1 Å². The first kappa shape index (κ1) is 18.0. The molecule has 1 saturated carbocycles. The van der Waals surface area contributed by atoms with Gasteiger partial charge in [-0.25, -0.2) is 0 Å². The molecule has 0 spiro atoms. The Kier molecular flexibility index (Phi) is 4.62. The van der Waals surface area contributed by atoms with Crippen molar-refractivity contribution in [2.24, 2.45) is 0 Å². The second kappa shape index (κ2) is 6.95. The first-order valence-electron chi connectivity index (χ1n) is 9.90. The predicted octanol–water partition coefficient (Wildman–Crippen LogP) is 3.61. The van der Waals surface area contributed by atoms with Crippen LogP contribution < -0.4 is 4.90 Å². The minimum atomic E-state index is 0.100. The van der Waals surface area contributed by atoms with Gasteiger partial charge < -0.3 is 9.80 Å². The van der Waals surface area contributed by atoms with Gasteiger partial charge in [0.1, 0.15) is 0 Å². The van der Waals surface area contributed by atoms with E-state index in [9.17, 15) is 4.79 Å². The van der Waals surface area contributed by atoms with E-state index in [-0.39, 0.29) is 11.3 Å². The lowest BCUT2D eigenvalue weighted by Crippen LogP contribution is -2.49. The second-order valence-electron chi connectivity index (χ2n) is 8.70. The van der Waals surface area contributed by atoms with Crippen LogP contribution in [0.4, 0.5) is 5.82 Å². The number of carbonyl (C=O) groups excluding carboxylic acids is 1. The third kappa shape index (κ3) is 3.97. The van der Waals surface area contributed by atoms with Crippen molar-refractivity contribution in [1.82, 2.24) is 15.1 Å². The number of aromatic nitrogens is 2. The van der Waals surface area contributed by atoms with Gasteiger partial charge in [-0.2, -0.15) is 5.10 Å². The van der Waals surface area contributed by atoms with Crippen LogP contribution >= 0.6 is 0 Å². The quantitative estimate of drug-likeness (QED) is 0.835. The largest absolute Gasteiger partial charge is 0.352 e. The van der Waals surface area contributed by atoms with Gasteiger partial charge in [0, 0.05) is 37.7 Å². The highest BCUT2D eigenvalue weighted by atomic mass is 16.2. The standard InChI is InChI=1S/C22H28N4O/c1-22(2,3)18-8-6-17(7-9-18)21(27)26-14-12-25(13-15-26)20-11-10-19(23-24-20)16-4-5-16/h6-11,16H,4-5,12-15H2,1-3H3. The van der Waals surface area contributed by atoms with E-state index in [1.807, 2.05) is 17.0 Å². The highest BCUT2D eigenvalue weighted by molar-refractivity contribution is 5.94. The Morgan fingerprint density at radius 1 is 0.926 bits per heavy atom. The van der Waals surface area contributed by atoms with E-state index < -0.39 is 0 Å². The Hall–Kier alpha value is -2.43. The molecule has 2 heterocycles. The van der Waals surface area contributed by atoms with Gasteiger partial charge in [0.05, 0.1) is 5.69 Å². The third-order valence-corrected chi connectivity index (χ3v) is 5.56. The molecule has 5 nitrogen and oxygen atoms in total. The highest BCUT2D eigenvalue weighted by Crippen LogP contribution is 2.38. The van der Waals surface area contributed by atoms with E-state index in [0.29, 0.717) is 19.0 Å². The zero-order chi connectivity index (χ0) is 19.0. The fraction of sp³-hybridized carbons (Fsp3) is 0.500. The van der Waals surface area contributed by atoms with Crippen LogP contribution in [-0.4, -0.2) is 47.2 Å². The van der Waals surface area contributed by atoms with Gasteiger partial charge >= 0.3 is 0 Å². The van der Waals surface area contributed by atoms with E-state index in [0.717, 1.165) is 30.2 Å². The Balaban J connectivity index is 1.36. The Labute approximate surface area is 161 Å². The molecule has 2 fully saturated rings. The predicted molar refractivity (Wildman–Crippen MR) is 107 cm³/mol. The summed E-state index contributed by atoms with van der Waals surface area (Å²) in [5.74, 6) is 1.66. The van der Waals surface area contributed by atoms with Gasteiger partial charge in [0.25, 0.3) is 5.91 Å². The maximum absolute atomic E-state index is 12.8. The van der Waals surface area contributed by atoms with Gasteiger partial charge in [-0.15, -0.1) is 5.10 Å². The molecular weight excluding hydrogens is 336 g/mol. The molecule has 0 atom stereocenters. The molecule has 0 bridgehead atoms. The molecule has 1 amide bonds. The normalized spacial score (nSPS) is 17.9. The monoisotopic (exact) mass is 364 g/mol. The summed E-state index contributed by atoms with van der Waals surface area (Å²) in [6.07, 6.45) is 2.48. The average Bonchev–Trinajstić information content (AvgIpc) is 3.52. The van der Waals surface area contributed by atoms with E-state index >= 15 is 0 Å². The SMILES string of the molecule is CC(C)(C)c1ccc(C(=O)N2CCN(c3ccc(C4CC4)nn3)CC2)cc1. The Morgan fingerprint density at radius 2 is 1.59 bits per heavy atom. The number of benzene rings is 1. The molecule has 0 unspecified atom stereocenters. The minimum Gasteiger partial charge on any atom is -0.352 e. The fourth-order valence-corrected chi connectivity index (χ4v) is 3.54. The van der Waals surface area contributed by atoms with Gasteiger partial charge in [-0.1, -0.05) is 32.9 Å². The van der Waals surface area contributed by atoms with Crippen LogP contribution in [0.3, 0.4) is 0 Å². The zero-order valence-electron chi connectivity index (χ0n) is 16.5. The van der Waals surface area contributed by atoms with Crippen molar-refractivity contribution >= 4 is 11.7 Å². The summed E-state index contributed by atoms with van der Waals surface area (Å²) in [5, 5.41) is 8.77. The summed E-state index contributed by atoms with van der Waals surface area (Å²) >= 11 is 0. The van der Waals surface area contributed by atoms with Crippen molar-refractivity contribution in [3.63, 3.8) is 0 Å². The summed E-state index contributed by atoms with van der Waals surface area (Å²) in [6, 6.07) is 12.2. The average molecular weight is 364 g/mol. The summed E-state index contributed by atoms with van der Waals surface area (Å²) in [7, 11) is 0. The summed E-state index contributed by atoms with van der Waals surface area (Å²) in [4.78, 5) is 17.0. The van der Waals surface area contributed by atoms with Crippen molar-refractivity contribution in [2.45, 2.75) is 44.9 Å². The molecule has 1 aliphatic carbocycles. The highest BCUT2D eigenvalue weighted by Gasteiger charge is 2.27. The first-order valence-corrected chi connectivity index (χ1v) is 9.90. The number of piperazine rings is 1. The van der Waals surface area contributed by atoms with Crippen LogP contribution in [0.25, 0.3) is 0 Å². The molecule has 27 heavy (non-hydrogen) atoms. The minimum absolute atomic E-state index is 0.100. The van der Waals surface area contributed by atoms with Crippen molar-refractivity contribution in [3.05, 3.63) is 53.2 Å². The number of amides is 1. The molecule has 0 radical (unpaired) electrons. The molecule has 4 rings (SSSR count). The van der Waals surface area contributed by atoms with E-state index in [1.165, 1.54) is 18.4 Å². The molecule has 2 aliphatic rings. The van der Waals surface area contributed by atoms with Gasteiger partial charge in [0.15, 0.2) is 5.82 Å². The third-order valence-electron chi connectivity index (χ3n) is 5.56. The van der Waals surface area contributed by atoms with Crippen LogP contribution in [-0.2, 0) is 5.41 Å². The molecule has 1 saturated heterocycles. The van der Waals surface area contributed by atoms with Gasteiger partial charge in [0.2, 0.25) is 0 Å². The van der Waals surface area contributed by atoms with Crippen molar-refractivity contribution in [3.8, 4) is 0 Å². The molecule has 1 aromatic carbocycles. The Morgan fingerprint density at radius 3 is 2.11 bits per heavy atom. The lowest BCUT2D eigenvalue weighted by Gasteiger charge is -2.35. The number of carbonyl (C=O) groups is 1. The Bertz CT molecular complexity index is 796. The molecule has 0 N–H and O–H groups in total. The van der Waals surface area contributed by atoms with Crippen LogP contribution in [0.5, 0.6) is 0 Å². The molecule has 1 aromatic heterocycles. The summed E-state index contributed by atoms with van der Waals surface area (Å²) in [5.41, 5.74) is 3.23. The number of hydrogen-bond acceptors (Lipinski definition) is 4. The lowest BCUT2D eigenvalue weighted by atomic mass is 9.86. The number of rotatable bonds is 3. The van der Waals surface area contributed by atoms with Crippen LogP contribution in [0, 0.1) is 0 Å². The molecule has 5 heteroatoms. The van der Waals surface area contributed by atoms with E-state index in [4.69, 9.17) is 0 Å². The van der Waals surface area contributed by atoms with Crippen molar-refractivity contribution < 1.29 is 4.79 Å². The van der Waals surface area contributed by atoms with Crippen LogP contribution in [0.2, 0.25) is 0 Å². The van der Waals surface area contributed by atoms with E-state index in [1.54, 1.807) is 0 Å².